The van der Waals surface area contributed by atoms with Crippen LogP contribution >= 0.6 is 11.3 Å². The second-order valence-corrected chi connectivity index (χ2v) is 7.46. The minimum Gasteiger partial charge on any atom is -0.475 e. The van der Waals surface area contributed by atoms with Crippen molar-refractivity contribution >= 4 is 23.2 Å². The first-order chi connectivity index (χ1) is 14.1. The number of nitrogens with zero attached hydrogens (tertiary/aromatic N) is 4. The minimum atomic E-state index is -5.08. The highest BCUT2D eigenvalue weighted by Gasteiger charge is 2.38. The summed E-state index contributed by atoms with van der Waals surface area (Å²) in [5.74, 6) is -2.78. The number of aromatic nitrogens is 3. The third kappa shape index (κ3) is 6.78. The molecule has 166 valence electrons. The van der Waals surface area contributed by atoms with Crippen molar-refractivity contribution in [3.8, 4) is 0 Å². The van der Waals surface area contributed by atoms with Crippen LogP contribution in [0.3, 0.4) is 0 Å². The molecule has 0 radical (unpaired) electrons. The topological polar surface area (TPSA) is 110 Å². The number of ether oxygens (including phenoxy) is 1. The van der Waals surface area contributed by atoms with E-state index in [1.54, 1.807) is 24.6 Å². The number of aryl methyl sites for hydroxylation is 1. The maximum absolute atomic E-state index is 12.5. The van der Waals surface area contributed by atoms with E-state index in [-0.39, 0.29) is 11.9 Å². The average molecular weight is 449 g/mol. The van der Waals surface area contributed by atoms with Crippen LogP contribution in [0.25, 0.3) is 0 Å². The number of halogens is 3. The van der Waals surface area contributed by atoms with Gasteiger partial charge in [0.1, 0.15) is 6.04 Å². The Morgan fingerprint density at radius 2 is 2.13 bits per heavy atom. The zero-order chi connectivity index (χ0) is 22.3. The molecule has 0 bridgehead atoms. The molecular weight excluding hydrogens is 427 g/mol. The van der Waals surface area contributed by atoms with Gasteiger partial charge in [-0.05, 0) is 13.0 Å². The van der Waals surface area contributed by atoms with Crippen LogP contribution < -0.4 is 5.32 Å². The molecule has 1 unspecified atom stereocenters. The van der Waals surface area contributed by atoms with Gasteiger partial charge in [0.15, 0.2) is 0 Å². The summed E-state index contributed by atoms with van der Waals surface area (Å²) in [7, 11) is 1.62. The number of alkyl halides is 3. The van der Waals surface area contributed by atoms with Crippen LogP contribution in [0.5, 0.6) is 0 Å². The Hall–Kier alpha value is -2.51. The summed E-state index contributed by atoms with van der Waals surface area (Å²) in [5.41, 5.74) is 2.11. The molecule has 30 heavy (non-hydrogen) atoms. The van der Waals surface area contributed by atoms with E-state index in [2.05, 4.69) is 25.7 Å². The van der Waals surface area contributed by atoms with Crippen molar-refractivity contribution in [2.45, 2.75) is 32.2 Å². The molecule has 1 aliphatic heterocycles. The van der Waals surface area contributed by atoms with Crippen molar-refractivity contribution < 1.29 is 32.6 Å². The van der Waals surface area contributed by atoms with Gasteiger partial charge in [0.2, 0.25) is 5.91 Å². The number of thiazole rings is 1. The van der Waals surface area contributed by atoms with E-state index in [1.807, 2.05) is 17.7 Å². The number of carbonyl (C=O) groups excluding carboxylic acids is 1. The van der Waals surface area contributed by atoms with E-state index < -0.39 is 12.1 Å². The van der Waals surface area contributed by atoms with E-state index >= 15 is 0 Å². The number of amides is 1. The number of rotatable bonds is 6. The largest absolute Gasteiger partial charge is 0.490 e. The molecule has 1 amide bonds. The van der Waals surface area contributed by atoms with Crippen LogP contribution in [-0.2, 0) is 27.4 Å². The molecular formula is C17H22F3N5O4S. The van der Waals surface area contributed by atoms with Crippen molar-refractivity contribution in [3.05, 3.63) is 34.0 Å². The third-order valence-electron chi connectivity index (χ3n) is 4.07. The summed E-state index contributed by atoms with van der Waals surface area (Å²) >= 11 is 1.65. The smallest absolute Gasteiger partial charge is 0.475 e. The Labute approximate surface area is 174 Å². The molecule has 2 aromatic rings. The number of carboxylic acids is 1. The molecule has 2 aromatic heterocycles. The number of fused-ring (bicyclic) bond motifs is 1. The maximum atomic E-state index is 12.5. The first kappa shape index (κ1) is 23.8. The zero-order valence-electron chi connectivity index (χ0n) is 16.3. The molecule has 3 heterocycles. The highest BCUT2D eigenvalue weighted by atomic mass is 32.1. The van der Waals surface area contributed by atoms with Gasteiger partial charge in [-0.15, -0.1) is 11.3 Å². The van der Waals surface area contributed by atoms with Gasteiger partial charge in [-0.25, -0.2) is 9.78 Å². The van der Waals surface area contributed by atoms with Gasteiger partial charge < -0.3 is 15.2 Å². The lowest BCUT2D eigenvalue weighted by Crippen LogP contribution is -2.45. The highest BCUT2D eigenvalue weighted by molar-refractivity contribution is 7.09. The van der Waals surface area contributed by atoms with E-state index in [9.17, 15) is 18.0 Å². The number of carboxylic acid groups (broad SMARTS) is 1. The maximum Gasteiger partial charge on any atom is 0.490 e. The van der Waals surface area contributed by atoms with Crippen LogP contribution in [0.2, 0.25) is 0 Å². The molecule has 0 saturated heterocycles. The second kappa shape index (κ2) is 10.5. The van der Waals surface area contributed by atoms with Gasteiger partial charge in [-0.1, -0.05) is 0 Å². The predicted octanol–water partition coefficient (Wildman–Crippen LogP) is 1.60. The number of hydrogen-bond donors (Lipinski definition) is 2. The van der Waals surface area contributed by atoms with E-state index in [4.69, 9.17) is 14.6 Å². The quantitative estimate of drug-likeness (QED) is 0.645. The van der Waals surface area contributed by atoms with Gasteiger partial charge in [-0.3, -0.25) is 14.4 Å². The third-order valence-corrected chi connectivity index (χ3v) is 4.89. The van der Waals surface area contributed by atoms with Crippen molar-refractivity contribution in [1.82, 2.24) is 25.0 Å². The first-order valence-corrected chi connectivity index (χ1v) is 9.72. The lowest BCUT2D eigenvalue weighted by molar-refractivity contribution is -0.192. The molecule has 0 aliphatic carbocycles. The lowest BCUT2D eigenvalue weighted by atomic mass is 10.1. The van der Waals surface area contributed by atoms with Gasteiger partial charge in [0.05, 0.1) is 23.0 Å². The summed E-state index contributed by atoms with van der Waals surface area (Å²) in [6.07, 6.45) is -3.33. The monoisotopic (exact) mass is 449 g/mol. The summed E-state index contributed by atoms with van der Waals surface area (Å²) in [6.45, 7) is 5.17. The number of nitrogens with one attached hydrogen (secondary N) is 1. The molecule has 0 fully saturated rings. The summed E-state index contributed by atoms with van der Waals surface area (Å²) in [5, 5.41) is 17.5. The molecule has 0 saturated carbocycles. The van der Waals surface area contributed by atoms with Crippen LogP contribution in [0, 0.1) is 6.92 Å². The van der Waals surface area contributed by atoms with Crippen molar-refractivity contribution in [2.75, 3.05) is 26.8 Å². The van der Waals surface area contributed by atoms with Gasteiger partial charge in [0.25, 0.3) is 0 Å². The Balaban J connectivity index is 0.000000396. The van der Waals surface area contributed by atoms with Gasteiger partial charge in [0, 0.05) is 44.9 Å². The molecule has 3 rings (SSSR count). The van der Waals surface area contributed by atoms with Crippen LogP contribution in [0.4, 0.5) is 13.2 Å². The zero-order valence-corrected chi connectivity index (χ0v) is 17.2. The van der Waals surface area contributed by atoms with Crippen LogP contribution in [-0.4, -0.2) is 69.6 Å². The van der Waals surface area contributed by atoms with Gasteiger partial charge >= 0.3 is 12.1 Å². The number of methoxy groups -OCH3 is 1. The van der Waals surface area contributed by atoms with Crippen LogP contribution in [0.1, 0.15) is 22.4 Å². The van der Waals surface area contributed by atoms with Crippen LogP contribution in [0.15, 0.2) is 17.6 Å². The fourth-order valence-electron chi connectivity index (χ4n) is 2.78. The second-order valence-electron chi connectivity index (χ2n) is 6.40. The summed E-state index contributed by atoms with van der Waals surface area (Å²) < 4.78 is 38.5. The summed E-state index contributed by atoms with van der Waals surface area (Å²) in [6, 6.07) is 1.65. The lowest BCUT2D eigenvalue weighted by Gasteiger charge is -2.32. The summed E-state index contributed by atoms with van der Waals surface area (Å²) in [4.78, 5) is 28.1. The minimum absolute atomic E-state index is 0.0221. The molecule has 2 N–H and O–H groups in total. The Morgan fingerprint density at radius 1 is 1.43 bits per heavy atom. The Morgan fingerprint density at radius 3 is 2.70 bits per heavy atom. The first-order valence-electron chi connectivity index (χ1n) is 8.84. The molecule has 13 heteroatoms. The number of hydrogen-bond acceptors (Lipinski definition) is 7. The Bertz CT molecular complexity index is 855. The van der Waals surface area contributed by atoms with Crippen molar-refractivity contribution in [2.24, 2.45) is 0 Å². The molecule has 1 aliphatic rings. The SMILES string of the molecule is COCCNC(=O)C1CN(Cc2csc(C)n2)Cc2ccnn21.O=C(O)C(F)(F)F. The van der Waals surface area contributed by atoms with Crippen molar-refractivity contribution in [3.63, 3.8) is 0 Å². The fraction of sp³-hybridized carbons (Fsp3) is 0.529. The van der Waals surface area contributed by atoms with E-state index in [0.29, 0.717) is 19.7 Å². The fourth-order valence-corrected chi connectivity index (χ4v) is 3.39. The molecule has 0 aromatic carbocycles. The van der Waals surface area contributed by atoms with Crippen molar-refractivity contribution in [1.29, 1.82) is 0 Å². The molecule has 0 spiro atoms. The van der Waals surface area contributed by atoms with E-state index in [1.165, 1.54) is 0 Å². The molecule has 1 atom stereocenters. The highest BCUT2D eigenvalue weighted by Crippen LogP contribution is 2.22. The van der Waals surface area contributed by atoms with E-state index in [0.717, 1.165) is 29.5 Å². The average Bonchev–Trinajstić information content (AvgIpc) is 3.29. The number of aliphatic carboxylic acids is 1. The normalized spacial score (nSPS) is 16.4. The number of carbonyl (C=O) groups is 2. The standard InChI is InChI=1S/C15H21N5O2S.C2HF3O2/c1-11-18-12(10-23-11)7-19-8-13-3-4-17-20(13)14(9-19)15(21)16-5-6-22-2;3-2(4,5)1(6)7/h3-4,10,14H,5-9H2,1-2H3,(H,16,21);(H,6,7). The van der Waals surface area contributed by atoms with Gasteiger partial charge in [-0.2, -0.15) is 18.3 Å². The molecule has 9 nitrogen and oxygen atoms in total. The Kier molecular flexibility index (Phi) is 8.32. The predicted molar refractivity (Wildman–Crippen MR) is 101 cm³/mol.